The first kappa shape index (κ1) is 40.3. The summed E-state index contributed by atoms with van der Waals surface area (Å²) >= 11 is 1.85. The van der Waals surface area contributed by atoms with E-state index in [1.54, 1.807) is 0 Å². The van der Waals surface area contributed by atoms with Gasteiger partial charge in [-0.2, -0.15) is 0 Å². The monoisotopic (exact) mass is 854 g/mol. The first-order valence-electron chi connectivity index (χ1n) is 17.6. The minimum absolute atomic E-state index is 0. The molecule has 0 saturated carbocycles. The molecule has 0 unspecified atom stereocenters. The molecule has 4 nitrogen and oxygen atoms in total. The number of aromatic nitrogens is 2. The maximum absolute atomic E-state index is 11.7. The second kappa shape index (κ2) is 18.2. The Balaban J connectivity index is 0.000000347. The van der Waals surface area contributed by atoms with Gasteiger partial charge in [0.1, 0.15) is 0 Å². The van der Waals surface area contributed by atoms with Crippen molar-refractivity contribution in [2.45, 2.75) is 99.8 Å². The van der Waals surface area contributed by atoms with Crippen molar-refractivity contribution in [2.75, 3.05) is 0 Å². The summed E-state index contributed by atoms with van der Waals surface area (Å²) in [5.74, 6) is 1.20. The molecule has 0 saturated heterocycles. The third-order valence-corrected chi connectivity index (χ3v) is 10.1. The Labute approximate surface area is 311 Å². The number of carbonyl (C=O) groups is 1. The third-order valence-electron chi connectivity index (χ3n) is 9.03. The number of allylic oxidation sites excluding steroid dienone is 2. The SMILES string of the molecule is CC(C)Cc1cc2nc(-c3ccnc(-c4[c-]c5ccccc5c(C(C)(C)C)c4)c3)ccc2s1.CCC(CC)C(=O)/C=C(\O)C(CC)CC.[Ir]. The molecule has 0 amide bonds. The molecule has 1 radical (unpaired) electrons. The number of hydrogen-bond acceptors (Lipinski definition) is 5. The van der Waals surface area contributed by atoms with E-state index in [1.807, 2.05) is 51.3 Å². The van der Waals surface area contributed by atoms with Crippen LogP contribution in [0.2, 0.25) is 0 Å². The van der Waals surface area contributed by atoms with Gasteiger partial charge in [0, 0.05) is 54.8 Å². The number of aliphatic hydroxyl groups is 1. The van der Waals surface area contributed by atoms with Gasteiger partial charge in [0.05, 0.1) is 21.7 Å². The molecule has 0 atom stereocenters. The van der Waals surface area contributed by atoms with E-state index in [0.29, 0.717) is 5.92 Å². The fraction of sp³-hybridized carbons (Fsp3) is 0.419. The Morgan fingerprint density at radius 1 is 0.898 bits per heavy atom. The zero-order valence-electron chi connectivity index (χ0n) is 30.7. The number of fused-ring (bicyclic) bond motifs is 2. The van der Waals surface area contributed by atoms with E-state index < -0.39 is 0 Å². The number of aliphatic hydroxyl groups excluding tert-OH is 1. The van der Waals surface area contributed by atoms with Crippen LogP contribution < -0.4 is 0 Å². The average molecular weight is 854 g/mol. The van der Waals surface area contributed by atoms with Crippen LogP contribution in [0.25, 0.3) is 43.5 Å². The van der Waals surface area contributed by atoms with E-state index in [-0.39, 0.29) is 48.9 Å². The summed E-state index contributed by atoms with van der Waals surface area (Å²) in [5, 5.41) is 12.1. The number of hydrogen-bond donors (Lipinski definition) is 1. The summed E-state index contributed by atoms with van der Waals surface area (Å²) < 4.78 is 1.25. The van der Waals surface area contributed by atoms with Crippen molar-refractivity contribution in [1.82, 2.24) is 9.97 Å². The molecule has 0 bridgehead atoms. The van der Waals surface area contributed by atoms with Gasteiger partial charge >= 0.3 is 0 Å². The quantitative estimate of drug-likeness (QED) is 0.0817. The van der Waals surface area contributed by atoms with Gasteiger partial charge in [-0.1, -0.05) is 97.5 Å². The molecule has 0 spiro atoms. The number of pyridine rings is 2. The van der Waals surface area contributed by atoms with Crippen molar-refractivity contribution in [2.24, 2.45) is 17.8 Å². The smallest absolute Gasteiger partial charge is 0.162 e. The van der Waals surface area contributed by atoms with E-state index in [4.69, 9.17) is 9.97 Å². The van der Waals surface area contributed by atoms with Crippen molar-refractivity contribution >= 4 is 38.1 Å². The molecule has 49 heavy (non-hydrogen) atoms. The number of rotatable bonds is 11. The van der Waals surface area contributed by atoms with Crippen molar-refractivity contribution in [3.8, 4) is 22.5 Å². The zero-order chi connectivity index (χ0) is 35.0. The number of benzene rings is 2. The van der Waals surface area contributed by atoms with Crippen molar-refractivity contribution < 1.29 is 30.0 Å². The van der Waals surface area contributed by atoms with E-state index in [1.165, 1.54) is 26.6 Å². The molecule has 0 fully saturated rings. The molecule has 0 aliphatic heterocycles. The van der Waals surface area contributed by atoms with Crippen LogP contribution in [-0.2, 0) is 36.7 Å². The fourth-order valence-corrected chi connectivity index (χ4v) is 7.36. The summed E-state index contributed by atoms with van der Waals surface area (Å²) in [5.41, 5.74) is 6.44. The van der Waals surface area contributed by atoms with Crippen LogP contribution in [0.4, 0.5) is 0 Å². The maximum Gasteiger partial charge on any atom is 0.162 e. The van der Waals surface area contributed by atoms with Crippen LogP contribution in [0, 0.1) is 23.8 Å². The Kier molecular flexibility index (Phi) is 14.9. The summed E-state index contributed by atoms with van der Waals surface area (Å²) in [6, 6.07) is 25.1. The van der Waals surface area contributed by atoms with E-state index in [9.17, 15) is 9.90 Å². The van der Waals surface area contributed by atoms with Crippen molar-refractivity contribution in [1.29, 1.82) is 0 Å². The molecule has 0 aliphatic rings. The number of thiophene rings is 1. The van der Waals surface area contributed by atoms with E-state index in [0.717, 1.165) is 65.5 Å². The van der Waals surface area contributed by atoms with Gasteiger partial charge in [0.25, 0.3) is 0 Å². The molecule has 6 heteroatoms. The minimum Gasteiger partial charge on any atom is -0.512 e. The normalized spacial score (nSPS) is 12.0. The van der Waals surface area contributed by atoms with Crippen LogP contribution in [0.15, 0.2) is 78.7 Å². The second-order valence-electron chi connectivity index (χ2n) is 14.2. The fourth-order valence-electron chi connectivity index (χ4n) is 6.14. The first-order chi connectivity index (χ1) is 22.9. The van der Waals surface area contributed by atoms with Crippen LogP contribution in [0.1, 0.15) is 98.4 Å². The van der Waals surface area contributed by atoms with Crippen molar-refractivity contribution in [3.63, 3.8) is 0 Å². The van der Waals surface area contributed by atoms with Crippen molar-refractivity contribution in [3.05, 3.63) is 95.2 Å². The third kappa shape index (κ3) is 10.4. The van der Waals surface area contributed by atoms with Gasteiger partial charge in [-0.15, -0.1) is 40.5 Å². The second-order valence-corrected chi connectivity index (χ2v) is 15.4. The minimum atomic E-state index is 0. The van der Waals surface area contributed by atoms with Crippen LogP contribution in [0.5, 0.6) is 0 Å². The standard InChI is InChI=1S/C30H29N2S.C13H24O2.Ir/c1-19(2)14-23-18-28-29(33-23)11-10-26(32-28)21-12-13-31-27(17-21)22-15-20-8-6-7-9-24(20)25(16-22)30(3,4)5;1-5-10(6-2)12(14)9-13(15)11(7-3)8-4;/h6-13,16-19H,14H2,1-5H3;9-11,14H,5-8H2,1-4H3;/q-1;;/b;12-9-;. The van der Waals surface area contributed by atoms with Crippen LogP contribution >= 0.6 is 11.3 Å². The predicted octanol–water partition coefficient (Wildman–Crippen LogP) is 12.3. The van der Waals surface area contributed by atoms with Gasteiger partial charge in [-0.3, -0.25) is 9.78 Å². The summed E-state index contributed by atoms with van der Waals surface area (Å²) in [7, 11) is 0. The van der Waals surface area contributed by atoms with E-state index >= 15 is 0 Å². The van der Waals surface area contributed by atoms with Crippen LogP contribution in [0.3, 0.4) is 0 Å². The van der Waals surface area contributed by atoms with Crippen LogP contribution in [-0.4, -0.2) is 20.9 Å². The Bertz CT molecular complexity index is 1860. The average Bonchev–Trinajstić information content (AvgIpc) is 3.46. The summed E-state index contributed by atoms with van der Waals surface area (Å²) in [6.45, 7) is 19.4. The Hall–Kier alpha value is -3.18. The molecule has 3 aromatic heterocycles. The molecular weight excluding hydrogens is 801 g/mol. The number of ketones is 1. The first-order valence-corrected chi connectivity index (χ1v) is 18.5. The maximum atomic E-state index is 11.7. The molecule has 1 N–H and O–H groups in total. The molecule has 0 aliphatic carbocycles. The van der Waals surface area contributed by atoms with Gasteiger partial charge < -0.3 is 5.11 Å². The summed E-state index contributed by atoms with van der Waals surface area (Å²) in [4.78, 5) is 22.8. The summed E-state index contributed by atoms with van der Waals surface area (Å²) in [6.07, 6.45) is 7.89. The molecule has 2 aromatic carbocycles. The van der Waals surface area contributed by atoms with Gasteiger partial charge in [-0.05, 0) is 73.3 Å². The molecule has 3 heterocycles. The molecule has 5 aromatic rings. The van der Waals surface area contributed by atoms with Gasteiger partial charge in [0.15, 0.2) is 5.78 Å². The molecule has 263 valence electrons. The molecule has 5 rings (SSSR count). The number of carbonyl (C=O) groups excluding carboxylic acids is 1. The largest absolute Gasteiger partial charge is 0.512 e. The predicted molar refractivity (Wildman–Crippen MR) is 206 cm³/mol. The van der Waals surface area contributed by atoms with Gasteiger partial charge in [0.2, 0.25) is 0 Å². The molecular formula is C43H53IrN2O2S-. The Morgan fingerprint density at radius 2 is 1.57 bits per heavy atom. The Morgan fingerprint density at radius 3 is 2.20 bits per heavy atom. The zero-order valence-corrected chi connectivity index (χ0v) is 33.9. The van der Waals surface area contributed by atoms with Gasteiger partial charge in [-0.25, -0.2) is 4.98 Å². The number of nitrogens with zero attached hydrogens (tertiary/aromatic N) is 2. The van der Waals surface area contributed by atoms with E-state index in [2.05, 4.69) is 95.3 Å². The topological polar surface area (TPSA) is 63.1 Å².